The Morgan fingerprint density at radius 2 is 1.77 bits per heavy atom. The first-order valence-corrected chi connectivity index (χ1v) is 19.0. The Balaban J connectivity index is 1.51. The number of methoxy groups -OCH3 is 2. The lowest BCUT2D eigenvalue weighted by molar-refractivity contribution is -0.332. The normalized spacial score (nSPS) is 30.8. The second-order valence-electron chi connectivity index (χ2n) is 15.1. The molecule has 11 atom stereocenters. The van der Waals surface area contributed by atoms with Crippen LogP contribution in [0.15, 0.2) is 53.6 Å². The van der Waals surface area contributed by atoms with E-state index < -0.39 is 77.9 Å². The minimum Gasteiger partial charge on any atom is -0.480 e. The summed E-state index contributed by atoms with van der Waals surface area (Å²) in [7, 11) is 2.96. The number of aliphatic hydroxyl groups excluding tert-OH is 2. The van der Waals surface area contributed by atoms with Crippen LogP contribution in [0.5, 0.6) is 0 Å². The third-order valence-corrected chi connectivity index (χ3v) is 10.7. The van der Waals surface area contributed by atoms with Crippen molar-refractivity contribution in [1.29, 1.82) is 0 Å². The zero-order chi connectivity index (χ0) is 41.6. The number of aliphatic hydroxyl groups is 2. The van der Waals surface area contributed by atoms with Gasteiger partial charge in [-0.05, 0) is 39.0 Å². The number of carbonyl (C=O) groups is 3. The number of carbonyl (C=O) groups excluding carboxylic acids is 2. The number of ether oxygens (including phenoxy) is 6. The molecule has 0 aromatic carbocycles. The van der Waals surface area contributed by atoms with Gasteiger partial charge in [0, 0.05) is 51.0 Å². The zero-order valence-corrected chi connectivity index (χ0v) is 33.4. The van der Waals surface area contributed by atoms with Crippen LogP contribution in [0.4, 0.5) is 0 Å². The molecule has 17 heteroatoms. The number of nitrogens with one attached hydrogen (secondary N) is 2. The van der Waals surface area contributed by atoms with E-state index in [9.17, 15) is 29.7 Å². The lowest BCUT2D eigenvalue weighted by Gasteiger charge is -2.54. The van der Waals surface area contributed by atoms with Gasteiger partial charge in [-0.1, -0.05) is 63.3 Å². The van der Waals surface area contributed by atoms with Crippen molar-refractivity contribution in [3.8, 4) is 0 Å². The minimum atomic E-state index is -1.70. The molecule has 9 N–H and O–H groups in total. The number of carboxylic acids is 1. The number of fused-ring (bicyclic) bond motifs is 1. The number of unbranched alkanes of at least 4 members (excludes halogenated alkanes) is 1. The van der Waals surface area contributed by atoms with Crippen molar-refractivity contribution in [2.75, 3.05) is 27.6 Å². The van der Waals surface area contributed by atoms with Gasteiger partial charge in [0.25, 0.3) is 5.91 Å². The van der Waals surface area contributed by atoms with Crippen LogP contribution in [-0.2, 0) is 42.8 Å². The number of aliphatic imine (C=N–C) groups is 1. The smallest absolute Gasteiger partial charge is 0.326 e. The van der Waals surface area contributed by atoms with Gasteiger partial charge in [-0.15, -0.1) is 0 Å². The molecule has 3 fully saturated rings. The summed E-state index contributed by atoms with van der Waals surface area (Å²) in [6, 6.07) is -1.06. The van der Waals surface area contributed by atoms with Crippen LogP contribution in [0.2, 0.25) is 0 Å². The summed E-state index contributed by atoms with van der Waals surface area (Å²) in [5, 5.41) is 36.9. The Kier molecular flexibility index (Phi) is 18.1. The first-order chi connectivity index (χ1) is 26.5. The lowest BCUT2D eigenvalue weighted by atomic mass is 9.72. The molecule has 3 saturated heterocycles. The molecular formula is C39H63N5O12. The molecule has 0 bridgehead atoms. The highest BCUT2D eigenvalue weighted by molar-refractivity contribution is 5.91. The summed E-state index contributed by atoms with van der Waals surface area (Å²) in [5.74, 6) is -4.14. The van der Waals surface area contributed by atoms with E-state index in [4.69, 9.17) is 39.9 Å². The van der Waals surface area contributed by atoms with Gasteiger partial charge in [0.15, 0.2) is 18.3 Å². The molecule has 3 unspecified atom stereocenters. The van der Waals surface area contributed by atoms with Crippen LogP contribution >= 0.6 is 0 Å². The van der Waals surface area contributed by atoms with E-state index in [1.807, 2.05) is 39.8 Å². The summed E-state index contributed by atoms with van der Waals surface area (Å²) >= 11 is 0. The average molecular weight is 794 g/mol. The maximum atomic E-state index is 13.5. The molecule has 3 rings (SSSR count). The second-order valence-corrected chi connectivity index (χ2v) is 15.1. The Morgan fingerprint density at radius 1 is 1.05 bits per heavy atom. The molecule has 0 spiro atoms. The number of allylic oxidation sites excluding steroid dienone is 5. The van der Waals surface area contributed by atoms with Crippen LogP contribution in [0, 0.1) is 11.3 Å². The fraction of sp³-hybridized carbons (Fsp3) is 0.692. The van der Waals surface area contributed by atoms with Crippen LogP contribution in [0.1, 0.15) is 72.6 Å². The summed E-state index contributed by atoms with van der Waals surface area (Å²) in [6.07, 6.45) is 6.58. The Labute approximate surface area is 329 Å². The fourth-order valence-electron chi connectivity index (χ4n) is 7.20. The molecule has 3 heterocycles. The van der Waals surface area contributed by atoms with Gasteiger partial charge < -0.3 is 65.8 Å². The molecule has 0 radical (unpaired) electrons. The highest BCUT2D eigenvalue weighted by Gasteiger charge is 2.57. The third kappa shape index (κ3) is 12.7. The van der Waals surface area contributed by atoms with Gasteiger partial charge in [0.1, 0.15) is 25.0 Å². The quantitative estimate of drug-likeness (QED) is 0.0231. The van der Waals surface area contributed by atoms with Crippen molar-refractivity contribution in [3.05, 3.63) is 48.6 Å². The molecule has 56 heavy (non-hydrogen) atoms. The SMILES string of the molecule is C=C1C[C@](OC)([C@H](O)C(=O)NC2OCOC3C2O[C@H](C[C@H](O)CCC/C=C/C=C/C=C/C(=O)N[C@@H](CCCN=C(N)N)C(=O)O)C(C)(C)[C@@H]3OC)O[C@H](C)[C@@H]1C. The fourth-order valence-corrected chi connectivity index (χ4v) is 7.20. The number of hydrogen-bond donors (Lipinski definition) is 7. The number of hydrogen-bond acceptors (Lipinski definition) is 12. The molecule has 3 aliphatic rings. The van der Waals surface area contributed by atoms with E-state index in [2.05, 4.69) is 22.2 Å². The van der Waals surface area contributed by atoms with Crippen LogP contribution in [0.25, 0.3) is 0 Å². The second kappa shape index (κ2) is 21.7. The van der Waals surface area contributed by atoms with Crippen molar-refractivity contribution in [3.63, 3.8) is 0 Å². The zero-order valence-electron chi connectivity index (χ0n) is 33.4. The highest BCUT2D eigenvalue weighted by Crippen LogP contribution is 2.44. The van der Waals surface area contributed by atoms with Gasteiger partial charge in [-0.3, -0.25) is 14.6 Å². The van der Waals surface area contributed by atoms with Crippen molar-refractivity contribution < 1.29 is 58.1 Å². The molecule has 3 aliphatic heterocycles. The van der Waals surface area contributed by atoms with Gasteiger partial charge in [0.2, 0.25) is 11.7 Å². The Bertz CT molecular complexity index is 1450. The van der Waals surface area contributed by atoms with Gasteiger partial charge in [-0.2, -0.15) is 0 Å². The summed E-state index contributed by atoms with van der Waals surface area (Å²) in [5.41, 5.74) is 10.7. The number of nitrogens with zero attached hydrogens (tertiary/aromatic N) is 1. The predicted octanol–water partition coefficient (Wildman–Crippen LogP) is 1.53. The summed E-state index contributed by atoms with van der Waals surface area (Å²) < 4.78 is 35.9. The van der Waals surface area contributed by atoms with E-state index >= 15 is 0 Å². The first kappa shape index (κ1) is 46.7. The maximum Gasteiger partial charge on any atom is 0.326 e. The molecule has 0 saturated carbocycles. The number of nitrogens with two attached hydrogens (primary N) is 2. The van der Waals surface area contributed by atoms with Crippen LogP contribution < -0.4 is 22.1 Å². The van der Waals surface area contributed by atoms with Crippen molar-refractivity contribution in [2.24, 2.45) is 27.8 Å². The standard InChI is InChI=1S/C39H63N5O12/c1-23-21-39(52-7,56-25(3)24(23)2)32(47)34(48)44-35-31-30(53-22-54-35)33(51-6)38(4,5)28(55-31)20-26(45)16-13-11-9-8-10-12-14-18-29(46)43-27(36(49)50)17-15-19-42-37(40)41/h8-10,12,14,18,24-28,30-33,35,45,47H,1,11,13,15-17,19-22H2,2-7H3,(H,43,46)(H,44,48)(H,49,50)(H4,40,41,42)/b9-8+,12-10+,18-14+/t24-,25-,26-,27+,28-,30?,31?,32-,33-,35?,39-/m1/s1. The van der Waals surface area contributed by atoms with E-state index in [0.29, 0.717) is 25.7 Å². The lowest BCUT2D eigenvalue weighted by Crippen LogP contribution is -2.69. The predicted molar refractivity (Wildman–Crippen MR) is 207 cm³/mol. The van der Waals surface area contributed by atoms with Crippen LogP contribution in [-0.4, -0.2) is 127 Å². The number of aliphatic carboxylic acids is 1. The van der Waals surface area contributed by atoms with Crippen molar-refractivity contribution in [1.82, 2.24) is 10.6 Å². The molecule has 316 valence electrons. The Hall–Kier alpha value is -3.68. The van der Waals surface area contributed by atoms with Crippen molar-refractivity contribution >= 4 is 23.7 Å². The maximum absolute atomic E-state index is 13.5. The summed E-state index contributed by atoms with van der Waals surface area (Å²) in [6.45, 7) is 12.0. The number of guanidine groups is 1. The molecular weight excluding hydrogens is 730 g/mol. The number of carboxylic acid groups (broad SMARTS) is 1. The van der Waals surface area contributed by atoms with Gasteiger partial charge in [0.05, 0.1) is 24.4 Å². The molecule has 17 nitrogen and oxygen atoms in total. The first-order valence-electron chi connectivity index (χ1n) is 19.0. The topological polar surface area (TPSA) is 256 Å². The van der Waals surface area contributed by atoms with E-state index in [-0.39, 0.29) is 50.6 Å². The monoisotopic (exact) mass is 793 g/mol. The van der Waals surface area contributed by atoms with E-state index in [0.717, 1.165) is 5.57 Å². The van der Waals surface area contributed by atoms with Gasteiger partial charge in [-0.25, -0.2) is 4.79 Å². The number of rotatable bonds is 20. The largest absolute Gasteiger partial charge is 0.480 e. The highest BCUT2D eigenvalue weighted by atomic mass is 16.7. The number of amides is 2. The third-order valence-electron chi connectivity index (χ3n) is 10.7. The minimum absolute atomic E-state index is 0.0185. The van der Waals surface area contributed by atoms with E-state index in [1.165, 1.54) is 19.3 Å². The Morgan fingerprint density at radius 3 is 2.41 bits per heavy atom. The molecule has 0 aromatic heterocycles. The molecule has 0 aliphatic carbocycles. The molecule has 2 amide bonds. The van der Waals surface area contributed by atoms with Crippen LogP contribution in [0.3, 0.4) is 0 Å². The van der Waals surface area contributed by atoms with E-state index in [1.54, 1.807) is 19.3 Å². The summed E-state index contributed by atoms with van der Waals surface area (Å²) in [4.78, 5) is 40.9. The van der Waals surface area contributed by atoms with Crippen molar-refractivity contribution in [2.45, 2.75) is 133 Å². The average Bonchev–Trinajstić information content (AvgIpc) is 3.14. The van der Waals surface area contributed by atoms with Gasteiger partial charge >= 0.3 is 5.97 Å². The molecule has 0 aromatic rings.